The van der Waals surface area contributed by atoms with Crippen molar-refractivity contribution in [2.24, 2.45) is 11.8 Å². The number of esters is 2. The second-order valence-corrected chi connectivity index (χ2v) is 3.97. The van der Waals surface area contributed by atoms with Gasteiger partial charge in [0.25, 0.3) is 0 Å². The summed E-state index contributed by atoms with van der Waals surface area (Å²) < 4.78 is 4.41. The third kappa shape index (κ3) is 4.20. The van der Waals surface area contributed by atoms with E-state index in [9.17, 15) is 24.0 Å². The van der Waals surface area contributed by atoms with E-state index < -0.39 is 41.1 Å². The van der Waals surface area contributed by atoms with Crippen molar-refractivity contribution in [2.75, 3.05) is 0 Å². The minimum Gasteiger partial charge on any atom is -0.392 e. The van der Waals surface area contributed by atoms with Gasteiger partial charge in [-0.1, -0.05) is 6.92 Å². The molecular weight excluding hydrogens is 240 g/mol. The Bertz CT molecular complexity index is 381. The van der Waals surface area contributed by atoms with Crippen LogP contribution in [0.2, 0.25) is 0 Å². The Morgan fingerprint density at radius 1 is 0.833 bits per heavy atom. The number of Topliss-reactive ketones (excluding diaryl/α,β-unsaturated/α-hetero) is 3. The quantitative estimate of drug-likeness (QED) is 0.506. The molecule has 0 spiro atoms. The Hall–Kier alpha value is -1.85. The van der Waals surface area contributed by atoms with Gasteiger partial charge in [-0.15, -0.1) is 0 Å². The fourth-order valence-electron chi connectivity index (χ4n) is 1.47. The molecule has 0 amide bonds. The van der Waals surface area contributed by atoms with Gasteiger partial charge in [0.05, 0.1) is 0 Å². The van der Waals surface area contributed by atoms with Crippen LogP contribution in [0.15, 0.2) is 0 Å². The lowest BCUT2D eigenvalue weighted by Gasteiger charge is -2.12. The van der Waals surface area contributed by atoms with Gasteiger partial charge in [0.15, 0.2) is 17.5 Å². The predicted molar refractivity (Wildman–Crippen MR) is 60.4 cm³/mol. The topological polar surface area (TPSA) is 94.6 Å². The fourth-order valence-corrected chi connectivity index (χ4v) is 1.47. The normalized spacial score (nSPS) is 11.8. The molecule has 0 heterocycles. The summed E-state index contributed by atoms with van der Waals surface area (Å²) in [5, 5.41) is 0. The molecule has 0 aromatic rings. The van der Waals surface area contributed by atoms with Crippen molar-refractivity contribution in [1.82, 2.24) is 0 Å². The summed E-state index contributed by atoms with van der Waals surface area (Å²) in [7, 11) is 0. The lowest BCUT2D eigenvalue weighted by Crippen LogP contribution is -2.34. The summed E-state index contributed by atoms with van der Waals surface area (Å²) in [6, 6.07) is 0. The zero-order chi connectivity index (χ0) is 14.5. The van der Waals surface area contributed by atoms with Gasteiger partial charge in [0.1, 0.15) is 11.7 Å². The van der Waals surface area contributed by atoms with Gasteiger partial charge in [-0.3, -0.25) is 24.0 Å². The maximum atomic E-state index is 11.5. The van der Waals surface area contributed by atoms with E-state index in [1.807, 2.05) is 0 Å². The zero-order valence-corrected chi connectivity index (χ0v) is 10.8. The van der Waals surface area contributed by atoms with Gasteiger partial charge < -0.3 is 4.74 Å². The van der Waals surface area contributed by atoms with Crippen LogP contribution in [-0.2, 0) is 28.7 Å². The third-order valence-corrected chi connectivity index (χ3v) is 2.43. The van der Waals surface area contributed by atoms with E-state index in [1.165, 1.54) is 6.92 Å². The highest BCUT2D eigenvalue weighted by Gasteiger charge is 2.33. The number of carbonyl (C=O) groups is 5. The Morgan fingerprint density at radius 3 is 1.56 bits per heavy atom. The molecule has 100 valence electrons. The van der Waals surface area contributed by atoms with Gasteiger partial charge >= 0.3 is 11.9 Å². The number of hydrogen-bond acceptors (Lipinski definition) is 6. The number of carbonyl (C=O) groups excluding carboxylic acids is 5. The molecule has 0 saturated carbocycles. The van der Waals surface area contributed by atoms with E-state index in [0.29, 0.717) is 0 Å². The highest BCUT2D eigenvalue weighted by molar-refractivity contribution is 6.17. The summed E-state index contributed by atoms with van der Waals surface area (Å²) in [5.41, 5.74) is 0. The Morgan fingerprint density at radius 2 is 1.28 bits per heavy atom. The largest absolute Gasteiger partial charge is 0.392 e. The molecule has 0 fully saturated rings. The van der Waals surface area contributed by atoms with Crippen LogP contribution in [-0.4, -0.2) is 29.3 Å². The van der Waals surface area contributed by atoms with Crippen molar-refractivity contribution in [3.8, 4) is 0 Å². The van der Waals surface area contributed by atoms with E-state index in [-0.39, 0.29) is 6.42 Å². The lowest BCUT2D eigenvalue weighted by atomic mass is 10.0. The first-order valence-electron chi connectivity index (χ1n) is 5.49. The van der Waals surface area contributed by atoms with E-state index in [0.717, 1.165) is 13.8 Å². The zero-order valence-electron chi connectivity index (χ0n) is 10.8. The molecule has 18 heavy (non-hydrogen) atoms. The summed E-state index contributed by atoms with van der Waals surface area (Å²) in [6.45, 7) is 4.90. The van der Waals surface area contributed by atoms with Crippen molar-refractivity contribution in [1.29, 1.82) is 0 Å². The molecule has 6 heteroatoms. The van der Waals surface area contributed by atoms with E-state index in [4.69, 9.17) is 0 Å². The molecule has 0 aromatic carbocycles. The van der Waals surface area contributed by atoms with Crippen LogP contribution in [0.25, 0.3) is 0 Å². The number of ether oxygens (including phenoxy) is 1. The maximum absolute atomic E-state index is 11.5. The molecule has 0 aliphatic heterocycles. The molecule has 0 saturated heterocycles. The SMILES string of the molecule is CCC(C(C)=O)C(=O)OC(=O)C(C(C)=O)C(C)=O. The van der Waals surface area contributed by atoms with Gasteiger partial charge in [0, 0.05) is 0 Å². The highest BCUT2D eigenvalue weighted by atomic mass is 16.6. The Kier molecular flexibility index (Phi) is 6.08. The third-order valence-electron chi connectivity index (χ3n) is 2.43. The number of rotatable bonds is 6. The fraction of sp³-hybridized carbons (Fsp3) is 0.583. The summed E-state index contributed by atoms with van der Waals surface area (Å²) >= 11 is 0. The highest BCUT2D eigenvalue weighted by Crippen LogP contribution is 2.10. The minimum absolute atomic E-state index is 0.187. The van der Waals surface area contributed by atoms with Crippen molar-refractivity contribution in [3.63, 3.8) is 0 Å². The molecule has 0 aliphatic rings. The smallest absolute Gasteiger partial charge is 0.331 e. The monoisotopic (exact) mass is 256 g/mol. The van der Waals surface area contributed by atoms with E-state index in [2.05, 4.69) is 4.74 Å². The van der Waals surface area contributed by atoms with Crippen LogP contribution in [0.3, 0.4) is 0 Å². The van der Waals surface area contributed by atoms with Gasteiger partial charge in [-0.05, 0) is 27.2 Å². The first-order chi connectivity index (χ1) is 8.22. The van der Waals surface area contributed by atoms with Crippen LogP contribution in [0, 0.1) is 11.8 Å². The van der Waals surface area contributed by atoms with Crippen LogP contribution in [0.5, 0.6) is 0 Å². The van der Waals surface area contributed by atoms with Crippen molar-refractivity contribution >= 4 is 29.3 Å². The molecule has 0 aromatic heterocycles. The van der Waals surface area contributed by atoms with Gasteiger partial charge in [-0.2, -0.15) is 0 Å². The van der Waals surface area contributed by atoms with Crippen LogP contribution in [0.4, 0.5) is 0 Å². The van der Waals surface area contributed by atoms with E-state index in [1.54, 1.807) is 6.92 Å². The van der Waals surface area contributed by atoms with Gasteiger partial charge in [-0.25, -0.2) is 0 Å². The lowest BCUT2D eigenvalue weighted by molar-refractivity contribution is -0.167. The molecule has 0 radical (unpaired) electrons. The molecule has 6 nitrogen and oxygen atoms in total. The predicted octanol–water partition coefficient (Wildman–Crippen LogP) is 0.466. The first kappa shape index (κ1) is 16.1. The average Bonchev–Trinajstić information content (AvgIpc) is 2.15. The standard InChI is InChI=1S/C12H16O6/c1-5-9(6(2)13)11(16)18-12(17)10(7(3)14)8(4)15/h9-10H,5H2,1-4H3. The molecule has 0 bridgehead atoms. The first-order valence-corrected chi connectivity index (χ1v) is 5.49. The number of hydrogen-bond donors (Lipinski definition) is 0. The van der Waals surface area contributed by atoms with Crippen molar-refractivity contribution in [2.45, 2.75) is 34.1 Å². The van der Waals surface area contributed by atoms with Crippen LogP contribution < -0.4 is 0 Å². The van der Waals surface area contributed by atoms with Gasteiger partial charge in [0.2, 0.25) is 0 Å². The average molecular weight is 256 g/mol. The molecular formula is C12H16O6. The number of ketones is 3. The van der Waals surface area contributed by atoms with Crippen LogP contribution >= 0.6 is 0 Å². The molecule has 1 unspecified atom stereocenters. The molecule has 0 N–H and O–H groups in total. The van der Waals surface area contributed by atoms with Crippen LogP contribution in [0.1, 0.15) is 34.1 Å². The van der Waals surface area contributed by atoms with Crippen molar-refractivity contribution in [3.05, 3.63) is 0 Å². The summed E-state index contributed by atoms with van der Waals surface area (Å²) in [5.74, 6) is -6.72. The minimum atomic E-state index is -1.60. The summed E-state index contributed by atoms with van der Waals surface area (Å²) in [6.07, 6.45) is 0.187. The summed E-state index contributed by atoms with van der Waals surface area (Å²) in [4.78, 5) is 56.2. The molecule has 0 rings (SSSR count). The second-order valence-electron chi connectivity index (χ2n) is 3.97. The maximum Gasteiger partial charge on any atom is 0.331 e. The Labute approximate surface area is 105 Å². The molecule has 0 aliphatic carbocycles. The molecule has 1 atom stereocenters. The second kappa shape index (κ2) is 6.78. The Balaban J connectivity index is 4.84. The van der Waals surface area contributed by atoms with Crippen molar-refractivity contribution < 1.29 is 28.7 Å². The van der Waals surface area contributed by atoms with E-state index >= 15 is 0 Å².